The molecule has 0 spiro atoms. The predicted octanol–water partition coefficient (Wildman–Crippen LogP) is 0.741. The van der Waals surface area contributed by atoms with Crippen molar-refractivity contribution in [2.45, 2.75) is 32.7 Å². The summed E-state index contributed by atoms with van der Waals surface area (Å²) in [7, 11) is -2.72. The normalized spacial score (nSPS) is 34.6. The molecule has 18 heavy (non-hydrogen) atoms. The molecule has 5 heteroatoms. The van der Waals surface area contributed by atoms with Crippen molar-refractivity contribution < 1.29 is 8.42 Å². The zero-order chi connectivity index (χ0) is 13.2. The fourth-order valence-corrected chi connectivity index (χ4v) is 4.90. The zero-order valence-electron chi connectivity index (χ0n) is 11.6. The molecule has 0 saturated carbocycles. The second-order valence-corrected chi connectivity index (χ2v) is 8.20. The molecule has 3 unspecified atom stereocenters. The van der Waals surface area contributed by atoms with Crippen molar-refractivity contribution in [3.8, 4) is 0 Å². The molecule has 2 aliphatic rings. The summed E-state index contributed by atoms with van der Waals surface area (Å²) in [5.74, 6) is 1.87. The summed E-state index contributed by atoms with van der Waals surface area (Å²) in [5, 5.41) is 3.58. The van der Waals surface area contributed by atoms with Gasteiger partial charge in [0.1, 0.15) is 0 Å². The summed E-state index contributed by atoms with van der Waals surface area (Å²) in [6.07, 6.45) is 2.06. The summed E-state index contributed by atoms with van der Waals surface area (Å²) in [6.45, 7) is 8.66. The van der Waals surface area contributed by atoms with Gasteiger partial charge in [0.2, 0.25) is 0 Å². The zero-order valence-corrected chi connectivity index (χ0v) is 12.4. The first kappa shape index (κ1) is 14.3. The Morgan fingerprint density at radius 2 is 2.22 bits per heavy atom. The predicted molar refractivity (Wildman–Crippen MR) is 74.4 cm³/mol. The quantitative estimate of drug-likeness (QED) is 0.821. The average molecular weight is 274 g/mol. The first-order chi connectivity index (χ1) is 8.50. The van der Waals surface area contributed by atoms with Crippen LogP contribution in [0.25, 0.3) is 0 Å². The van der Waals surface area contributed by atoms with Crippen LogP contribution in [0.4, 0.5) is 0 Å². The number of nitrogens with zero attached hydrogens (tertiary/aromatic N) is 1. The van der Waals surface area contributed by atoms with Gasteiger partial charge in [-0.05, 0) is 18.3 Å². The maximum absolute atomic E-state index is 11.5. The Hall–Kier alpha value is -0.130. The van der Waals surface area contributed by atoms with Crippen LogP contribution in [0.1, 0.15) is 26.7 Å². The molecule has 1 N–H and O–H groups in total. The van der Waals surface area contributed by atoms with Crippen LogP contribution in [-0.4, -0.2) is 57.0 Å². The van der Waals surface area contributed by atoms with Gasteiger partial charge in [0.05, 0.1) is 11.5 Å². The number of hydrogen-bond donors (Lipinski definition) is 1. The first-order valence-electron chi connectivity index (χ1n) is 7.16. The summed E-state index contributed by atoms with van der Waals surface area (Å²) >= 11 is 0. The van der Waals surface area contributed by atoms with Crippen LogP contribution in [0.3, 0.4) is 0 Å². The van der Waals surface area contributed by atoms with Crippen LogP contribution in [-0.2, 0) is 9.84 Å². The lowest BCUT2D eigenvalue weighted by Crippen LogP contribution is -2.54. The maximum atomic E-state index is 11.5. The average Bonchev–Trinajstić information content (AvgIpc) is 2.68. The molecule has 106 valence electrons. The largest absolute Gasteiger partial charge is 0.311 e. The Morgan fingerprint density at radius 1 is 1.44 bits per heavy atom. The second-order valence-electron chi connectivity index (χ2n) is 5.97. The Kier molecular flexibility index (Phi) is 4.67. The minimum atomic E-state index is -2.72. The molecule has 2 saturated heterocycles. The fraction of sp³-hybridized carbons (Fsp3) is 1.00. The molecule has 3 atom stereocenters. The molecule has 0 aliphatic carbocycles. The van der Waals surface area contributed by atoms with E-state index in [1.54, 1.807) is 0 Å². The molecule has 0 amide bonds. The third-order valence-electron chi connectivity index (χ3n) is 4.46. The minimum absolute atomic E-state index is 0.366. The van der Waals surface area contributed by atoms with E-state index in [0.717, 1.165) is 32.6 Å². The first-order valence-corrected chi connectivity index (χ1v) is 8.98. The highest BCUT2D eigenvalue weighted by atomic mass is 32.2. The number of nitrogens with one attached hydrogen (secondary N) is 1. The molecular weight excluding hydrogens is 248 g/mol. The van der Waals surface area contributed by atoms with Gasteiger partial charge in [-0.15, -0.1) is 0 Å². The smallest absolute Gasteiger partial charge is 0.150 e. The van der Waals surface area contributed by atoms with Gasteiger partial charge in [-0.25, -0.2) is 8.42 Å². The van der Waals surface area contributed by atoms with E-state index in [-0.39, 0.29) is 0 Å². The molecular formula is C13H26N2O2S. The third-order valence-corrected chi connectivity index (χ3v) is 6.30. The van der Waals surface area contributed by atoms with Crippen LogP contribution in [0.15, 0.2) is 0 Å². The molecule has 0 aromatic rings. The van der Waals surface area contributed by atoms with E-state index in [0.29, 0.717) is 29.4 Å². The van der Waals surface area contributed by atoms with Crippen LogP contribution in [0.2, 0.25) is 0 Å². The van der Waals surface area contributed by atoms with Gasteiger partial charge in [0.15, 0.2) is 9.84 Å². The van der Waals surface area contributed by atoms with Gasteiger partial charge in [-0.1, -0.05) is 20.3 Å². The highest BCUT2D eigenvalue weighted by molar-refractivity contribution is 7.91. The van der Waals surface area contributed by atoms with E-state index in [4.69, 9.17) is 0 Å². The van der Waals surface area contributed by atoms with Gasteiger partial charge in [0, 0.05) is 32.2 Å². The standard InChI is InChI=1S/C13H26N2O2S/c1-3-11(2)13-9-15(6-5-14-13)8-12-4-7-18(16,17)10-12/h11-14H,3-10H2,1-2H3. The number of piperazine rings is 1. The van der Waals surface area contributed by atoms with Crippen LogP contribution >= 0.6 is 0 Å². The monoisotopic (exact) mass is 274 g/mol. The van der Waals surface area contributed by atoms with E-state index in [1.807, 2.05) is 0 Å². The van der Waals surface area contributed by atoms with Crippen LogP contribution in [0.5, 0.6) is 0 Å². The van der Waals surface area contributed by atoms with E-state index in [1.165, 1.54) is 6.42 Å². The summed E-state index contributed by atoms with van der Waals surface area (Å²) in [6, 6.07) is 0.571. The summed E-state index contributed by atoms with van der Waals surface area (Å²) in [4.78, 5) is 2.46. The molecule has 2 fully saturated rings. The Bertz CT molecular complexity index is 369. The van der Waals surface area contributed by atoms with Gasteiger partial charge in [-0.2, -0.15) is 0 Å². The lowest BCUT2D eigenvalue weighted by Gasteiger charge is -2.37. The van der Waals surface area contributed by atoms with Crippen molar-refractivity contribution in [3.63, 3.8) is 0 Å². The van der Waals surface area contributed by atoms with Crippen molar-refractivity contribution in [3.05, 3.63) is 0 Å². The van der Waals surface area contributed by atoms with E-state index in [2.05, 4.69) is 24.1 Å². The molecule has 0 aromatic heterocycles. The topological polar surface area (TPSA) is 49.4 Å². The Labute approximate surface area is 111 Å². The van der Waals surface area contributed by atoms with Crippen molar-refractivity contribution in [1.29, 1.82) is 0 Å². The third kappa shape index (κ3) is 3.68. The summed E-state index contributed by atoms with van der Waals surface area (Å²) < 4.78 is 22.9. The summed E-state index contributed by atoms with van der Waals surface area (Å²) in [5.41, 5.74) is 0. The van der Waals surface area contributed by atoms with Gasteiger partial charge in [0.25, 0.3) is 0 Å². The van der Waals surface area contributed by atoms with Crippen molar-refractivity contribution in [2.24, 2.45) is 11.8 Å². The highest BCUT2D eigenvalue weighted by Crippen LogP contribution is 2.21. The minimum Gasteiger partial charge on any atom is -0.311 e. The Morgan fingerprint density at radius 3 is 2.83 bits per heavy atom. The van der Waals surface area contributed by atoms with E-state index < -0.39 is 9.84 Å². The van der Waals surface area contributed by atoms with Crippen LogP contribution in [0, 0.1) is 11.8 Å². The number of sulfone groups is 1. The molecule has 0 aromatic carbocycles. The van der Waals surface area contributed by atoms with E-state index >= 15 is 0 Å². The van der Waals surface area contributed by atoms with Gasteiger partial charge >= 0.3 is 0 Å². The lowest BCUT2D eigenvalue weighted by molar-refractivity contribution is 0.152. The highest BCUT2D eigenvalue weighted by Gasteiger charge is 2.31. The Balaban J connectivity index is 1.83. The maximum Gasteiger partial charge on any atom is 0.150 e. The van der Waals surface area contributed by atoms with E-state index in [9.17, 15) is 8.42 Å². The van der Waals surface area contributed by atoms with Crippen molar-refractivity contribution >= 4 is 9.84 Å². The molecule has 2 aliphatic heterocycles. The van der Waals surface area contributed by atoms with Gasteiger partial charge < -0.3 is 10.2 Å². The second kappa shape index (κ2) is 5.88. The number of rotatable bonds is 4. The lowest BCUT2D eigenvalue weighted by atomic mass is 9.96. The van der Waals surface area contributed by atoms with Gasteiger partial charge in [-0.3, -0.25) is 0 Å². The molecule has 2 heterocycles. The van der Waals surface area contributed by atoms with Crippen molar-refractivity contribution in [2.75, 3.05) is 37.7 Å². The molecule has 4 nitrogen and oxygen atoms in total. The van der Waals surface area contributed by atoms with Crippen molar-refractivity contribution in [1.82, 2.24) is 10.2 Å². The van der Waals surface area contributed by atoms with Crippen LogP contribution < -0.4 is 5.32 Å². The molecule has 2 rings (SSSR count). The molecule has 0 bridgehead atoms. The fourth-order valence-electron chi connectivity index (χ4n) is 3.05. The molecule has 0 radical (unpaired) electrons. The number of hydrogen-bond acceptors (Lipinski definition) is 4. The SMILES string of the molecule is CCC(C)C1CN(CC2CCS(=O)(=O)C2)CCN1.